The summed E-state index contributed by atoms with van der Waals surface area (Å²) in [5.41, 5.74) is 7.37. The molecule has 0 aliphatic heterocycles. The highest BCUT2D eigenvalue weighted by atomic mass is 79.9. The van der Waals surface area contributed by atoms with Crippen LogP contribution in [0, 0.1) is 5.41 Å². The molecule has 1 heterocycles. The minimum absolute atomic E-state index is 0.0227. The van der Waals surface area contributed by atoms with Gasteiger partial charge in [-0.05, 0) is 58.7 Å². The van der Waals surface area contributed by atoms with E-state index in [9.17, 15) is 5.11 Å². The summed E-state index contributed by atoms with van der Waals surface area (Å²) in [4.78, 5) is 4.14. The number of allylic oxidation sites excluding steroid dienone is 2. The monoisotopic (exact) mass is 368 g/mol. The first-order valence-corrected chi connectivity index (χ1v) is 8.30. The number of aromatic nitrogens is 1. The Balaban J connectivity index is 1.93. The molecule has 21 heavy (non-hydrogen) atoms. The lowest BCUT2D eigenvalue weighted by Crippen LogP contribution is -2.58. The number of nitrogens with two attached hydrogens (primary N) is 1. The number of pyridine rings is 1. The Labute approximate surface area is 138 Å². The van der Waals surface area contributed by atoms with E-state index in [-0.39, 0.29) is 21.9 Å². The number of rotatable bonds is 3. The Morgan fingerprint density at radius 1 is 1.38 bits per heavy atom. The maximum absolute atomic E-state index is 9.81. The number of hydrogen-bond donors (Lipinski definition) is 2. The first-order valence-electron chi connectivity index (χ1n) is 7.13. The Bertz CT molecular complexity index is 625. The Hall–Kier alpha value is -0.840. The van der Waals surface area contributed by atoms with Crippen LogP contribution in [0.15, 0.2) is 35.0 Å². The average Bonchev–Trinajstić information content (AvgIpc) is 2.40. The standard InChI is InChI=1S/C16H18BrClN2O/c17-13-11(9-12(21)14(18)20-13)10-15(5-4-6-15)16(19)7-2-1-3-8-16/h1-3,7,9,21H,4-6,8,10,19H2. The zero-order valence-corrected chi connectivity index (χ0v) is 14.0. The number of hydrogen-bond acceptors (Lipinski definition) is 3. The third-order valence-electron chi connectivity index (χ3n) is 4.91. The van der Waals surface area contributed by atoms with Crippen molar-refractivity contribution < 1.29 is 5.11 Å². The van der Waals surface area contributed by atoms with E-state index in [0.29, 0.717) is 4.60 Å². The molecule has 1 aromatic heterocycles. The zero-order valence-electron chi connectivity index (χ0n) is 11.6. The normalized spacial score (nSPS) is 26.6. The third kappa shape index (κ3) is 2.54. The van der Waals surface area contributed by atoms with Gasteiger partial charge in [0.25, 0.3) is 0 Å². The van der Waals surface area contributed by atoms with E-state index in [1.807, 2.05) is 12.2 Å². The van der Waals surface area contributed by atoms with E-state index in [1.165, 1.54) is 6.42 Å². The van der Waals surface area contributed by atoms with Crippen molar-refractivity contribution in [2.24, 2.45) is 11.1 Å². The van der Waals surface area contributed by atoms with Crippen LogP contribution in [-0.4, -0.2) is 15.6 Å². The predicted octanol–water partition coefficient (Wildman–Crippen LogP) is 4.13. The quantitative estimate of drug-likeness (QED) is 0.788. The molecule has 0 bridgehead atoms. The van der Waals surface area contributed by atoms with Gasteiger partial charge in [0.1, 0.15) is 4.60 Å². The molecule has 0 spiro atoms. The lowest BCUT2D eigenvalue weighted by Gasteiger charge is -2.54. The van der Waals surface area contributed by atoms with E-state index in [4.69, 9.17) is 17.3 Å². The third-order valence-corrected chi connectivity index (χ3v) is 5.87. The minimum Gasteiger partial charge on any atom is -0.505 e. The largest absolute Gasteiger partial charge is 0.505 e. The van der Waals surface area contributed by atoms with Crippen molar-refractivity contribution in [2.75, 3.05) is 0 Å². The predicted molar refractivity (Wildman–Crippen MR) is 88.4 cm³/mol. The van der Waals surface area contributed by atoms with Gasteiger partial charge in [0.2, 0.25) is 0 Å². The molecule has 2 aliphatic rings. The van der Waals surface area contributed by atoms with Gasteiger partial charge in [-0.25, -0.2) is 4.98 Å². The van der Waals surface area contributed by atoms with Gasteiger partial charge in [0, 0.05) is 5.54 Å². The SMILES string of the molecule is NC1(C2(Cc3cc(O)c(Cl)nc3Br)CCC2)C=CC=CC1. The van der Waals surface area contributed by atoms with Gasteiger partial charge in [-0.1, -0.05) is 42.3 Å². The highest BCUT2D eigenvalue weighted by molar-refractivity contribution is 9.10. The molecule has 3 rings (SSSR count). The minimum atomic E-state index is -0.325. The van der Waals surface area contributed by atoms with Gasteiger partial charge in [-0.2, -0.15) is 0 Å². The van der Waals surface area contributed by atoms with Crippen LogP contribution in [-0.2, 0) is 6.42 Å². The fourth-order valence-corrected chi connectivity index (χ4v) is 4.10. The Morgan fingerprint density at radius 3 is 2.71 bits per heavy atom. The molecule has 112 valence electrons. The molecule has 0 amide bonds. The maximum Gasteiger partial charge on any atom is 0.171 e. The molecule has 3 N–H and O–H groups in total. The van der Waals surface area contributed by atoms with Crippen LogP contribution >= 0.6 is 27.5 Å². The lowest BCUT2D eigenvalue weighted by molar-refractivity contribution is 0.0515. The molecule has 0 saturated heterocycles. The molecule has 1 saturated carbocycles. The smallest absolute Gasteiger partial charge is 0.171 e. The second-order valence-electron chi connectivity index (χ2n) is 6.09. The molecular formula is C16H18BrClN2O. The number of nitrogens with zero attached hydrogens (tertiary/aromatic N) is 1. The van der Waals surface area contributed by atoms with Crippen molar-refractivity contribution >= 4 is 27.5 Å². The molecule has 5 heteroatoms. The van der Waals surface area contributed by atoms with Crippen LogP contribution in [0.4, 0.5) is 0 Å². The van der Waals surface area contributed by atoms with Gasteiger partial charge in [0.05, 0.1) is 0 Å². The number of aromatic hydroxyl groups is 1. The first kappa shape index (κ1) is 15.1. The van der Waals surface area contributed by atoms with Crippen molar-refractivity contribution in [1.29, 1.82) is 0 Å². The van der Waals surface area contributed by atoms with Crippen LogP contribution in [0.2, 0.25) is 5.15 Å². The maximum atomic E-state index is 9.81. The van der Waals surface area contributed by atoms with E-state index in [1.54, 1.807) is 6.07 Å². The second kappa shape index (κ2) is 5.41. The van der Waals surface area contributed by atoms with Crippen molar-refractivity contribution in [1.82, 2.24) is 4.98 Å². The van der Waals surface area contributed by atoms with Gasteiger partial charge in [-0.15, -0.1) is 0 Å². The molecule has 2 aliphatic carbocycles. The lowest BCUT2D eigenvalue weighted by atomic mass is 9.53. The van der Waals surface area contributed by atoms with Crippen molar-refractivity contribution in [3.05, 3.63) is 45.7 Å². The van der Waals surface area contributed by atoms with E-state index in [2.05, 4.69) is 33.1 Å². The number of halogens is 2. The summed E-state index contributed by atoms with van der Waals surface area (Å²) in [7, 11) is 0. The molecular weight excluding hydrogens is 352 g/mol. The van der Waals surface area contributed by atoms with E-state index >= 15 is 0 Å². The summed E-state index contributed by atoms with van der Waals surface area (Å²) in [5.74, 6) is 0.0227. The van der Waals surface area contributed by atoms with Crippen LogP contribution in [0.3, 0.4) is 0 Å². The summed E-state index contributed by atoms with van der Waals surface area (Å²) < 4.78 is 0.690. The van der Waals surface area contributed by atoms with Crippen molar-refractivity contribution in [3.63, 3.8) is 0 Å². The topological polar surface area (TPSA) is 59.1 Å². The van der Waals surface area contributed by atoms with Crippen LogP contribution < -0.4 is 5.73 Å². The zero-order chi connectivity index (χ0) is 15.1. The van der Waals surface area contributed by atoms with Crippen molar-refractivity contribution in [3.8, 4) is 5.75 Å². The van der Waals surface area contributed by atoms with Crippen LogP contribution in [0.25, 0.3) is 0 Å². The summed E-state index contributed by atoms with van der Waals surface area (Å²) in [5, 5.41) is 9.94. The fourth-order valence-electron chi connectivity index (χ4n) is 3.43. The molecule has 3 nitrogen and oxygen atoms in total. The highest BCUT2D eigenvalue weighted by Gasteiger charge is 2.51. The molecule has 0 aromatic carbocycles. The summed E-state index contributed by atoms with van der Waals surface area (Å²) >= 11 is 9.29. The van der Waals surface area contributed by atoms with Gasteiger partial charge in [0.15, 0.2) is 10.9 Å². The molecule has 1 aromatic rings. The van der Waals surface area contributed by atoms with Crippen molar-refractivity contribution in [2.45, 2.75) is 37.6 Å². The van der Waals surface area contributed by atoms with Gasteiger partial charge < -0.3 is 10.8 Å². The molecule has 0 radical (unpaired) electrons. The average molecular weight is 370 g/mol. The summed E-state index contributed by atoms with van der Waals surface area (Å²) in [6.07, 6.45) is 13.4. The van der Waals surface area contributed by atoms with Crippen LogP contribution in [0.1, 0.15) is 31.2 Å². The molecule has 1 unspecified atom stereocenters. The van der Waals surface area contributed by atoms with E-state index in [0.717, 1.165) is 31.2 Å². The van der Waals surface area contributed by atoms with Crippen LogP contribution in [0.5, 0.6) is 5.75 Å². The Kier molecular flexibility index (Phi) is 3.89. The van der Waals surface area contributed by atoms with E-state index < -0.39 is 0 Å². The molecule has 1 atom stereocenters. The fraction of sp³-hybridized carbons (Fsp3) is 0.438. The second-order valence-corrected chi connectivity index (χ2v) is 7.20. The molecule has 1 fully saturated rings. The van der Waals surface area contributed by atoms with Gasteiger partial charge in [-0.3, -0.25) is 0 Å². The first-order chi connectivity index (χ1) is 9.96. The summed E-state index contributed by atoms with van der Waals surface area (Å²) in [6, 6.07) is 1.70. The summed E-state index contributed by atoms with van der Waals surface area (Å²) in [6.45, 7) is 0. The highest BCUT2D eigenvalue weighted by Crippen LogP contribution is 2.53. The van der Waals surface area contributed by atoms with Gasteiger partial charge >= 0.3 is 0 Å². The Morgan fingerprint density at radius 2 is 2.14 bits per heavy atom.